The summed E-state index contributed by atoms with van der Waals surface area (Å²) in [6, 6.07) is 4.60. The van der Waals surface area contributed by atoms with Crippen LogP contribution in [0.5, 0.6) is 0 Å². The Hall–Kier alpha value is -1.38. The predicted molar refractivity (Wildman–Crippen MR) is 75.9 cm³/mol. The minimum absolute atomic E-state index is 0.334. The van der Waals surface area contributed by atoms with Crippen LogP contribution in [-0.4, -0.2) is 41.0 Å². The molecule has 0 amide bonds. The Labute approximate surface area is 135 Å². The van der Waals surface area contributed by atoms with Crippen molar-refractivity contribution < 1.29 is 32.6 Å². The molecular formula is C14H16ClF4NO3. The van der Waals surface area contributed by atoms with Gasteiger partial charge in [-0.3, -0.25) is 0 Å². The standard InChI is InChI=1S/C12H15ClFNO.C2HF3O2/c13-10-2-1-9(11(14)7-10)8-12(16)3-5-15-6-4-12;3-2(4,5)1(6)7/h1-2,7,15-16H,3-6,8H2;(H,6,7). The van der Waals surface area contributed by atoms with Crippen LogP contribution in [0.2, 0.25) is 5.02 Å². The quantitative estimate of drug-likeness (QED) is 0.712. The lowest BCUT2D eigenvalue weighted by molar-refractivity contribution is -0.192. The van der Waals surface area contributed by atoms with E-state index in [1.165, 1.54) is 6.07 Å². The first-order valence-corrected chi connectivity index (χ1v) is 7.08. The predicted octanol–water partition coefficient (Wildman–Crippen LogP) is 2.77. The lowest BCUT2D eigenvalue weighted by Crippen LogP contribution is -2.43. The Morgan fingerprint density at radius 1 is 1.30 bits per heavy atom. The highest BCUT2D eigenvalue weighted by Crippen LogP contribution is 2.25. The van der Waals surface area contributed by atoms with E-state index in [0.717, 1.165) is 13.1 Å². The Morgan fingerprint density at radius 3 is 2.26 bits per heavy atom. The van der Waals surface area contributed by atoms with Crippen LogP contribution < -0.4 is 5.32 Å². The summed E-state index contributed by atoms with van der Waals surface area (Å²) in [4.78, 5) is 8.90. The summed E-state index contributed by atoms with van der Waals surface area (Å²) < 4.78 is 45.3. The number of halogens is 5. The zero-order valence-electron chi connectivity index (χ0n) is 12.0. The van der Waals surface area contributed by atoms with Gasteiger partial charge >= 0.3 is 12.1 Å². The van der Waals surface area contributed by atoms with Crippen molar-refractivity contribution in [2.75, 3.05) is 13.1 Å². The number of aliphatic hydroxyl groups is 1. The summed E-state index contributed by atoms with van der Waals surface area (Å²) >= 11 is 5.68. The number of alkyl halides is 3. The van der Waals surface area contributed by atoms with Gasteiger partial charge in [0.2, 0.25) is 0 Å². The van der Waals surface area contributed by atoms with E-state index in [-0.39, 0.29) is 5.82 Å². The maximum Gasteiger partial charge on any atom is 0.490 e. The second kappa shape index (κ2) is 7.94. The zero-order chi connectivity index (χ0) is 17.7. The van der Waals surface area contributed by atoms with Gasteiger partial charge in [0.05, 0.1) is 5.60 Å². The topological polar surface area (TPSA) is 69.6 Å². The van der Waals surface area contributed by atoms with Crippen LogP contribution in [0, 0.1) is 5.82 Å². The first kappa shape index (κ1) is 19.7. The number of carboxylic acids is 1. The molecule has 4 nitrogen and oxygen atoms in total. The summed E-state index contributed by atoms with van der Waals surface area (Å²) in [5, 5.41) is 21.0. The highest BCUT2D eigenvalue weighted by molar-refractivity contribution is 6.30. The molecule has 0 aromatic heterocycles. The molecule has 1 aromatic carbocycles. The van der Waals surface area contributed by atoms with Gasteiger partial charge in [-0.2, -0.15) is 13.2 Å². The van der Waals surface area contributed by atoms with Gasteiger partial charge in [-0.25, -0.2) is 9.18 Å². The first-order valence-electron chi connectivity index (χ1n) is 6.71. The van der Waals surface area contributed by atoms with Crippen molar-refractivity contribution in [3.8, 4) is 0 Å². The average molecular weight is 358 g/mol. The fourth-order valence-corrected chi connectivity index (χ4v) is 2.25. The molecule has 0 radical (unpaired) electrons. The van der Waals surface area contributed by atoms with Gasteiger partial charge in [-0.15, -0.1) is 0 Å². The van der Waals surface area contributed by atoms with E-state index < -0.39 is 17.7 Å². The third kappa shape index (κ3) is 6.72. The van der Waals surface area contributed by atoms with E-state index in [4.69, 9.17) is 21.5 Å². The van der Waals surface area contributed by atoms with Crippen LogP contribution in [-0.2, 0) is 11.2 Å². The normalized spacial score (nSPS) is 17.1. The van der Waals surface area contributed by atoms with Gasteiger partial charge in [0.25, 0.3) is 0 Å². The van der Waals surface area contributed by atoms with Crippen LogP contribution in [0.15, 0.2) is 18.2 Å². The fraction of sp³-hybridized carbons (Fsp3) is 0.500. The summed E-state index contributed by atoms with van der Waals surface area (Å²) in [7, 11) is 0. The monoisotopic (exact) mass is 357 g/mol. The molecular weight excluding hydrogens is 342 g/mol. The summed E-state index contributed by atoms with van der Waals surface area (Å²) in [5.74, 6) is -3.09. The van der Waals surface area contributed by atoms with E-state index >= 15 is 0 Å². The Kier molecular flexibility index (Phi) is 6.79. The molecule has 9 heteroatoms. The molecule has 130 valence electrons. The number of nitrogens with one attached hydrogen (secondary N) is 1. The van der Waals surface area contributed by atoms with Crippen molar-refractivity contribution in [3.05, 3.63) is 34.6 Å². The van der Waals surface area contributed by atoms with Crippen molar-refractivity contribution in [1.29, 1.82) is 0 Å². The molecule has 1 aromatic rings. The fourth-order valence-electron chi connectivity index (χ4n) is 2.09. The Bertz CT molecular complexity index is 545. The molecule has 1 aliphatic rings. The van der Waals surface area contributed by atoms with Crippen molar-refractivity contribution in [2.24, 2.45) is 0 Å². The minimum Gasteiger partial charge on any atom is -0.475 e. The number of benzene rings is 1. The first-order chi connectivity index (χ1) is 10.5. The van der Waals surface area contributed by atoms with E-state index in [0.29, 0.717) is 29.8 Å². The van der Waals surface area contributed by atoms with Gasteiger partial charge in [0.15, 0.2) is 0 Å². The number of carboxylic acid groups (broad SMARTS) is 1. The van der Waals surface area contributed by atoms with E-state index in [1.54, 1.807) is 12.1 Å². The average Bonchev–Trinajstić information content (AvgIpc) is 2.42. The van der Waals surface area contributed by atoms with Crippen molar-refractivity contribution in [1.82, 2.24) is 5.32 Å². The molecule has 1 heterocycles. The SMILES string of the molecule is O=C(O)C(F)(F)F.OC1(Cc2ccc(Cl)cc2F)CCNCC1. The smallest absolute Gasteiger partial charge is 0.475 e. The Balaban J connectivity index is 0.000000322. The van der Waals surface area contributed by atoms with Crippen molar-refractivity contribution in [2.45, 2.75) is 31.0 Å². The summed E-state index contributed by atoms with van der Waals surface area (Å²) in [5.41, 5.74) is -0.242. The third-order valence-corrected chi connectivity index (χ3v) is 3.55. The second-order valence-corrected chi connectivity index (χ2v) is 5.63. The second-order valence-electron chi connectivity index (χ2n) is 5.19. The molecule has 0 bridgehead atoms. The third-order valence-electron chi connectivity index (χ3n) is 3.31. The highest BCUT2D eigenvalue weighted by atomic mass is 35.5. The van der Waals surface area contributed by atoms with Gasteiger partial charge in [0, 0.05) is 11.4 Å². The van der Waals surface area contributed by atoms with Crippen LogP contribution in [0.25, 0.3) is 0 Å². The summed E-state index contributed by atoms with van der Waals surface area (Å²) in [6.45, 7) is 1.57. The summed E-state index contributed by atoms with van der Waals surface area (Å²) in [6.07, 6.45) is -3.40. The molecule has 1 fully saturated rings. The molecule has 0 saturated carbocycles. The lowest BCUT2D eigenvalue weighted by atomic mass is 9.86. The number of carbonyl (C=O) groups is 1. The molecule has 3 N–H and O–H groups in total. The van der Waals surface area contributed by atoms with Gasteiger partial charge < -0.3 is 15.5 Å². The molecule has 0 aliphatic carbocycles. The number of rotatable bonds is 2. The minimum atomic E-state index is -5.08. The maximum absolute atomic E-state index is 13.6. The van der Waals surface area contributed by atoms with Gasteiger partial charge in [-0.05, 0) is 43.6 Å². The van der Waals surface area contributed by atoms with Crippen LogP contribution in [0.3, 0.4) is 0 Å². The molecule has 1 saturated heterocycles. The largest absolute Gasteiger partial charge is 0.490 e. The molecule has 0 unspecified atom stereocenters. The maximum atomic E-state index is 13.6. The molecule has 23 heavy (non-hydrogen) atoms. The van der Waals surface area contributed by atoms with Crippen LogP contribution >= 0.6 is 11.6 Å². The van der Waals surface area contributed by atoms with Crippen molar-refractivity contribution >= 4 is 17.6 Å². The van der Waals surface area contributed by atoms with Gasteiger partial charge in [0.1, 0.15) is 5.82 Å². The van der Waals surface area contributed by atoms with E-state index in [2.05, 4.69) is 5.32 Å². The molecule has 0 atom stereocenters. The van der Waals surface area contributed by atoms with E-state index in [9.17, 15) is 22.7 Å². The Morgan fingerprint density at radius 2 is 1.83 bits per heavy atom. The number of hydrogen-bond acceptors (Lipinski definition) is 3. The molecule has 2 rings (SSSR count). The lowest BCUT2D eigenvalue weighted by Gasteiger charge is -2.32. The number of piperidine rings is 1. The molecule has 1 aliphatic heterocycles. The number of aliphatic carboxylic acids is 1. The number of hydrogen-bond donors (Lipinski definition) is 3. The van der Waals surface area contributed by atoms with Gasteiger partial charge in [-0.1, -0.05) is 17.7 Å². The van der Waals surface area contributed by atoms with Crippen LogP contribution in [0.1, 0.15) is 18.4 Å². The van der Waals surface area contributed by atoms with Crippen LogP contribution in [0.4, 0.5) is 17.6 Å². The zero-order valence-corrected chi connectivity index (χ0v) is 12.7. The van der Waals surface area contributed by atoms with E-state index in [1.807, 2.05) is 0 Å². The molecule has 0 spiro atoms. The highest BCUT2D eigenvalue weighted by Gasteiger charge is 2.38. The van der Waals surface area contributed by atoms with Crippen molar-refractivity contribution in [3.63, 3.8) is 0 Å².